The molecule has 0 atom stereocenters. The molecule has 0 bridgehead atoms. The van der Waals surface area contributed by atoms with Gasteiger partial charge in [0.15, 0.2) is 0 Å². The number of H-pyrrole nitrogens is 1. The maximum Gasteiger partial charge on any atom is 0.111 e. The van der Waals surface area contributed by atoms with Gasteiger partial charge in [-0.1, -0.05) is 20.8 Å². The minimum Gasteiger partial charge on any atom is -0.357 e. The van der Waals surface area contributed by atoms with E-state index < -0.39 is 0 Å². The van der Waals surface area contributed by atoms with Crippen molar-refractivity contribution in [2.24, 2.45) is 0 Å². The van der Waals surface area contributed by atoms with E-state index in [0.29, 0.717) is 0 Å². The van der Waals surface area contributed by atoms with E-state index >= 15 is 0 Å². The number of aromatic amines is 1. The average molecular weight is 175 g/mol. The molecule has 0 aliphatic carbocycles. The molecule has 0 saturated heterocycles. The highest BCUT2D eigenvalue weighted by atomic mass is 15.1. The van der Waals surface area contributed by atoms with Gasteiger partial charge in [0.25, 0.3) is 0 Å². The summed E-state index contributed by atoms with van der Waals surface area (Å²) in [4.78, 5) is 3.33. The minimum atomic E-state index is 0.140. The van der Waals surface area contributed by atoms with Crippen molar-refractivity contribution in [3.8, 4) is 0 Å². The van der Waals surface area contributed by atoms with E-state index in [9.17, 15) is 0 Å². The van der Waals surface area contributed by atoms with Crippen molar-refractivity contribution in [2.75, 3.05) is 0 Å². The van der Waals surface area contributed by atoms with Gasteiger partial charge < -0.3 is 4.98 Å². The number of fused-ring (bicyclic) bond motifs is 1. The maximum atomic E-state index is 4.03. The molecule has 0 spiro atoms. The Morgan fingerprint density at radius 2 is 2.08 bits per heavy atom. The van der Waals surface area contributed by atoms with Crippen molar-refractivity contribution in [2.45, 2.75) is 26.2 Å². The van der Waals surface area contributed by atoms with Gasteiger partial charge in [0.05, 0.1) is 11.7 Å². The summed E-state index contributed by atoms with van der Waals surface area (Å²) in [6.45, 7) is 6.52. The first-order chi connectivity index (χ1) is 6.07. The molecule has 1 N–H and O–H groups in total. The molecule has 2 rings (SSSR count). The lowest BCUT2D eigenvalue weighted by Gasteiger charge is -2.15. The van der Waals surface area contributed by atoms with Gasteiger partial charge in [-0.05, 0) is 12.1 Å². The van der Waals surface area contributed by atoms with Gasteiger partial charge in [-0.25, -0.2) is 0 Å². The molecule has 13 heavy (non-hydrogen) atoms. The molecule has 2 heterocycles. The molecule has 2 aromatic rings. The Balaban J connectivity index is 2.63. The quantitative estimate of drug-likeness (QED) is 0.667. The monoisotopic (exact) mass is 175 g/mol. The molecular weight excluding hydrogens is 162 g/mol. The highest BCUT2D eigenvalue weighted by Crippen LogP contribution is 2.23. The van der Waals surface area contributed by atoms with Gasteiger partial charge in [-0.3, -0.25) is 0 Å². The second-order valence-corrected chi connectivity index (χ2v) is 4.26. The van der Waals surface area contributed by atoms with Crippen LogP contribution >= 0.6 is 0 Å². The fraction of sp³-hybridized carbons (Fsp3) is 0.400. The zero-order chi connectivity index (χ0) is 9.47. The highest BCUT2D eigenvalue weighted by molar-refractivity contribution is 5.75. The topological polar surface area (TPSA) is 41.6 Å². The molecule has 0 unspecified atom stereocenters. The van der Waals surface area contributed by atoms with Gasteiger partial charge in [-0.15, -0.1) is 5.10 Å². The standard InChI is InChI=1S/C10H13N3/c1-10(2,3)9-6-8-7(12-9)4-5-11-13-8/h4-6,12H,1-3H3. The number of nitrogens with zero attached hydrogens (tertiary/aromatic N) is 2. The molecule has 0 aliphatic rings. The molecule has 68 valence electrons. The van der Waals surface area contributed by atoms with E-state index in [1.807, 2.05) is 6.07 Å². The lowest BCUT2D eigenvalue weighted by Crippen LogP contribution is -2.10. The smallest absolute Gasteiger partial charge is 0.111 e. The SMILES string of the molecule is CC(C)(C)c1cc2nnccc2[nH]1. The van der Waals surface area contributed by atoms with Crippen LogP contribution in [0.3, 0.4) is 0 Å². The number of nitrogens with one attached hydrogen (secondary N) is 1. The summed E-state index contributed by atoms with van der Waals surface area (Å²) in [5.41, 5.74) is 3.33. The molecule has 0 amide bonds. The number of hydrogen-bond donors (Lipinski definition) is 1. The Morgan fingerprint density at radius 1 is 1.31 bits per heavy atom. The summed E-state index contributed by atoms with van der Waals surface area (Å²) in [5, 5.41) is 7.87. The van der Waals surface area contributed by atoms with Crippen LogP contribution in [0.25, 0.3) is 11.0 Å². The third kappa shape index (κ3) is 1.41. The lowest BCUT2D eigenvalue weighted by molar-refractivity contribution is 0.574. The molecule has 0 fully saturated rings. The van der Waals surface area contributed by atoms with E-state index in [2.05, 4.69) is 42.0 Å². The first kappa shape index (κ1) is 8.23. The van der Waals surface area contributed by atoms with E-state index in [1.54, 1.807) is 6.20 Å². The summed E-state index contributed by atoms with van der Waals surface area (Å²) in [6, 6.07) is 4.00. The maximum absolute atomic E-state index is 4.03. The zero-order valence-corrected chi connectivity index (χ0v) is 8.13. The van der Waals surface area contributed by atoms with Crippen LogP contribution in [0.15, 0.2) is 18.3 Å². The van der Waals surface area contributed by atoms with E-state index in [1.165, 1.54) is 5.69 Å². The zero-order valence-electron chi connectivity index (χ0n) is 8.13. The van der Waals surface area contributed by atoms with Crippen molar-refractivity contribution < 1.29 is 0 Å². The summed E-state index contributed by atoms with van der Waals surface area (Å²) in [7, 11) is 0. The van der Waals surface area contributed by atoms with Gasteiger partial charge in [0, 0.05) is 11.1 Å². The molecule has 3 heteroatoms. The first-order valence-electron chi connectivity index (χ1n) is 4.38. The predicted molar refractivity (Wildman–Crippen MR) is 52.6 cm³/mol. The second-order valence-electron chi connectivity index (χ2n) is 4.26. The highest BCUT2D eigenvalue weighted by Gasteiger charge is 2.16. The molecule has 3 nitrogen and oxygen atoms in total. The summed E-state index contributed by atoms with van der Waals surface area (Å²) in [5.74, 6) is 0. The summed E-state index contributed by atoms with van der Waals surface area (Å²) >= 11 is 0. The van der Waals surface area contributed by atoms with E-state index in [0.717, 1.165) is 11.0 Å². The normalized spacial score (nSPS) is 12.2. The van der Waals surface area contributed by atoms with Crippen molar-refractivity contribution in [3.63, 3.8) is 0 Å². The summed E-state index contributed by atoms with van der Waals surface area (Å²) < 4.78 is 0. The Bertz CT molecular complexity index is 390. The van der Waals surface area contributed by atoms with Crippen LogP contribution in [0.2, 0.25) is 0 Å². The van der Waals surface area contributed by atoms with E-state index in [4.69, 9.17) is 0 Å². The Hall–Kier alpha value is -1.38. The van der Waals surface area contributed by atoms with Crippen LogP contribution in [0, 0.1) is 0 Å². The third-order valence-electron chi connectivity index (χ3n) is 2.11. The van der Waals surface area contributed by atoms with Crippen molar-refractivity contribution in [1.82, 2.24) is 15.2 Å². The fourth-order valence-corrected chi connectivity index (χ4v) is 1.28. The van der Waals surface area contributed by atoms with Crippen LogP contribution in [0.5, 0.6) is 0 Å². The summed E-state index contributed by atoms with van der Waals surface area (Å²) in [6.07, 6.45) is 1.70. The Morgan fingerprint density at radius 3 is 2.69 bits per heavy atom. The van der Waals surface area contributed by atoms with Gasteiger partial charge >= 0.3 is 0 Å². The van der Waals surface area contributed by atoms with Crippen LogP contribution in [0.4, 0.5) is 0 Å². The Kier molecular flexibility index (Phi) is 1.62. The molecule has 2 aromatic heterocycles. The first-order valence-corrected chi connectivity index (χ1v) is 4.38. The molecule has 0 aliphatic heterocycles. The molecular formula is C10H13N3. The van der Waals surface area contributed by atoms with Crippen LogP contribution in [-0.2, 0) is 5.41 Å². The van der Waals surface area contributed by atoms with Crippen molar-refractivity contribution >= 4 is 11.0 Å². The molecule has 0 radical (unpaired) electrons. The number of aromatic nitrogens is 3. The van der Waals surface area contributed by atoms with Crippen LogP contribution in [-0.4, -0.2) is 15.2 Å². The van der Waals surface area contributed by atoms with Crippen molar-refractivity contribution in [1.29, 1.82) is 0 Å². The minimum absolute atomic E-state index is 0.140. The third-order valence-corrected chi connectivity index (χ3v) is 2.11. The lowest BCUT2D eigenvalue weighted by atomic mass is 9.93. The predicted octanol–water partition coefficient (Wildman–Crippen LogP) is 2.26. The Labute approximate surface area is 77.2 Å². The number of hydrogen-bond acceptors (Lipinski definition) is 2. The van der Waals surface area contributed by atoms with Crippen LogP contribution < -0.4 is 0 Å². The van der Waals surface area contributed by atoms with Crippen LogP contribution in [0.1, 0.15) is 26.5 Å². The van der Waals surface area contributed by atoms with Gasteiger partial charge in [0.1, 0.15) is 5.52 Å². The number of rotatable bonds is 0. The average Bonchev–Trinajstić information content (AvgIpc) is 2.45. The van der Waals surface area contributed by atoms with Gasteiger partial charge in [-0.2, -0.15) is 5.10 Å². The van der Waals surface area contributed by atoms with E-state index in [-0.39, 0.29) is 5.41 Å². The largest absolute Gasteiger partial charge is 0.357 e. The second kappa shape index (κ2) is 2.55. The molecule has 0 saturated carbocycles. The fourth-order valence-electron chi connectivity index (χ4n) is 1.28. The molecule has 0 aromatic carbocycles. The van der Waals surface area contributed by atoms with Gasteiger partial charge in [0.2, 0.25) is 0 Å². The van der Waals surface area contributed by atoms with Crippen molar-refractivity contribution in [3.05, 3.63) is 24.0 Å².